The summed E-state index contributed by atoms with van der Waals surface area (Å²) in [6.45, 7) is 2.61. The third-order valence-electron chi connectivity index (χ3n) is 4.54. The molecule has 6 heteroatoms. The van der Waals surface area contributed by atoms with E-state index in [2.05, 4.69) is 5.32 Å². The summed E-state index contributed by atoms with van der Waals surface area (Å²) in [7, 11) is 1.81. The van der Waals surface area contributed by atoms with E-state index in [0.717, 1.165) is 30.8 Å². The zero-order valence-corrected chi connectivity index (χ0v) is 14.1. The molecule has 0 saturated carbocycles. The Balaban J connectivity index is 1.76. The molecule has 6 nitrogen and oxygen atoms in total. The van der Waals surface area contributed by atoms with Gasteiger partial charge in [-0.05, 0) is 38.3 Å². The lowest BCUT2D eigenvalue weighted by Crippen LogP contribution is -2.23. The van der Waals surface area contributed by atoms with Gasteiger partial charge in [-0.25, -0.2) is 4.68 Å². The minimum atomic E-state index is -0.216. The predicted octanol–water partition coefficient (Wildman–Crippen LogP) is 2.38. The standard InChI is InChI=1S/C18H23N3O3/c1-13-17(19-16(22)11-10-15-9-6-12-24-15)18(23)21(20(13)2)14-7-4-3-5-8-14/h3-5,7-8,15H,6,9-12H2,1-2H3,(H,19,22)/t15-/m0/s1. The van der Waals surface area contributed by atoms with Crippen molar-refractivity contribution in [3.05, 3.63) is 46.4 Å². The smallest absolute Gasteiger partial charge is 0.295 e. The van der Waals surface area contributed by atoms with Crippen LogP contribution in [-0.2, 0) is 16.6 Å². The molecule has 128 valence electrons. The quantitative estimate of drug-likeness (QED) is 0.916. The van der Waals surface area contributed by atoms with Gasteiger partial charge in [0.25, 0.3) is 5.56 Å². The molecule has 1 saturated heterocycles. The van der Waals surface area contributed by atoms with E-state index in [1.54, 1.807) is 9.36 Å². The molecule has 0 unspecified atom stereocenters. The lowest BCUT2D eigenvalue weighted by molar-refractivity contribution is -0.116. The van der Waals surface area contributed by atoms with Crippen LogP contribution in [0.4, 0.5) is 5.69 Å². The number of hydrogen-bond donors (Lipinski definition) is 1. The fourth-order valence-corrected chi connectivity index (χ4v) is 3.08. The fraction of sp³-hybridized carbons (Fsp3) is 0.444. The topological polar surface area (TPSA) is 65.3 Å². The van der Waals surface area contributed by atoms with Gasteiger partial charge in [0.2, 0.25) is 5.91 Å². The van der Waals surface area contributed by atoms with E-state index in [0.29, 0.717) is 18.5 Å². The van der Waals surface area contributed by atoms with E-state index in [4.69, 9.17) is 4.74 Å². The number of nitrogens with zero attached hydrogens (tertiary/aromatic N) is 2. The first-order valence-electron chi connectivity index (χ1n) is 8.33. The summed E-state index contributed by atoms with van der Waals surface area (Å²) in [5.41, 5.74) is 1.63. The van der Waals surface area contributed by atoms with Crippen LogP contribution in [0.15, 0.2) is 35.1 Å². The fourth-order valence-electron chi connectivity index (χ4n) is 3.08. The SMILES string of the molecule is Cc1c(NC(=O)CC[C@@H]2CCCO2)c(=O)n(-c2ccccc2)n1C. The minimum absolute atomic E-state index is 0.142. The molecule has 0 bridgehead atoms. The molecule has 1 N–H and O–H groups in total. The van der Waals surface area contributed by atoms with Crippen molar-refractivity contribution in [1.82, 2.24) is 9.36 Å². The van der Waals surface area contributed by atoms with Gasteiger partial charge in [0.15, 0.2) is 0 Å². The van der Waals surface area contributed by atoms with Gasteiger partial charge in [-0.1, -0.05) is 18.2 Å². The lowest BCUT2D eigenvalue weighted by atomic mass is 10.1. The maximum atomic E-state index is 12.7. The van der Waals surface area contributed by atoms with Crippen molar-refractivity contribution in [3.63, 3.8) is 0 Å². The number of ether oxygens (including phenoxy) is 1. The molecular formula is C18H23N3O3. The highest BCUT2D eigenvalue weighted by Crippen LogP contribution is 2.18. The van der Waals surface area contributed by atoms with Crippen LogP contribution in [0.1, 0.15) is 31.4 Å². The molecule has 3 rings (SSSR count). The number of benzene rings is 1. The van der Waals surface area contributed by atoms with Gasteiger partial charge in [0.1, 0.15) is 5.69 Å². The second-order valence-electron chi connectivity index (χ2n) is 6.16. The van der Waals surface area contributed by atoms with Gasteiger partial charge < -0.3 is 10.1 Å². The second kappa shape index (κ2) is 7.05. The lowest BCUT2D eigenvalue weighted by Gasteiger charge is -2.08. The van der Waals surface area contributed by atoms with Crippen LogP contribution in [0, 0.1) is 6.92 Å². The predicted molar refractivity (Wildman–Crippen MR) is 92.6 cm³/mol. The summed E-state index contributed by atoms with van der Waals surface area (Å²) >= 11 is 0. The molecule has 1 fully saturated rings. The van der Waals surface area contributed by atoms with Gasteiger partial charge in [-0.3, -0.25) is 14.3 Å². The average Bonchev–Trinajstić information content (AvgIpc) is 3.17. The van der Waals surface area contributed by atoms with Crippen molar-refractivity contribution in [2.45, 2.75) is 38.7 Å². The Morgan fingerprint density at radius 1 is 1.33 bits per heavy atom. The Morgan fingerprint density at radius 3 is 2.75 bits per heavy atom. The molecule has 1 aliphatic rings. The van der Waals surface area contributed by atoms with E-state index >= 15 is 0 Å². The first-order chi connectivity index (χ1) is 11.6. The molecule has 0 radical (unpaired) electrons. The molecule has 1 aliphatic heterocycles. The minimum Gasteiger partial charge on any atom is -0.378 e. The van der Waals surface area contributed by atoms with Crippen molar-refractivity contribution in [1.29, 1.82) is 0 Å². The monoisotopic (exact) mass is 329 g/mol. The Kier molecular flexibility index (Phi) is 4.85. The van der Waals surface area contributed by atoms with Gasteiger partial charge in [0, 0.05) is 20.1 Å². The van der Waals surface area contributed by atoms with E-state index in [1.807, 2.05) is 44.3 Å². The molecule has 0 spiro atoms. The van der Waals surface area contributed by atoms with Crippen molar-refractivity contribution in [2.75, 3.05) is 11.9 Å². The van der Waals surface area contributed by atoms with Crippen LogP contribution in [0.25, 0.3) is 5.69 Å². The van der Waals surface area contributed by atoms with Crippen molar-refractivity contribution in [3.8, 4) is 5.69 Å². The van der Waals surface area contributed by atoms with Crippen molar-refractivity contribution >= 4 is 11.6 Å². The molecular weight excluding hydrogens is 306 g/mol. The highest BCUT2D eigenvalue weighted by atomic mass is 16.5. The maximum absolute atomic E-state index is 12.7. The summed E-state index contributed by atoms with van der Waals surface area (Å²) in [6.07, 6.45) is 3.31. The number of aromatic nitrogens is 2. The van der Waals surface area contributed by atoms with Crippen LogP contribution in [-0.4, -0.2) is 28.0 Å². The maximum Gasteiger partial charge on any atom is 0.295 e. The summed E-state index contributed by atoms with van der Waals surface area (Å²) in [5.74, 6) is -0.142. The Bertz CT molecular complexity index is 771. The van der Waals surface area contributed by atoms with Gasteiger partial charge in [-0.15, -0.1) is 0 Å². The number of para-hydroxylation sites is 1. The largest absolute Gasteiger partial charge is 0.378 e. The molecule has 24 heavy (non-hydrogen) atoms. The normalized spacial score (nSPS) is 17.2. The first kappa shape index (κ1) is 16.5. The number of nitrogens with one attached hydrogen (secondary N) is 1. The van der Waals surface area contributed by atoms with Crippen LogP contribution < -0.4 is 10.9 Å². The van der Waals surface area contributed by atoms with Crippen LogP contribution >= 0.6 is 0 Å². The highest BCUT2D eigenvalue weighted by molar-refractivity contribution is 5.91. The summed E-state index contributed by atoms with van der Waals surface area (Å²) in [5, 5.41) is 2.78. The Labute approximate surface area is 141 Å². The van der Waals surface area contributed by atoms with Crippen LogP contribution in [0.5, 0.6) is 0 Å². The number of anilines is 1. The van der Waals surface area contributed by atoms with E-state index in [-0.39, 0.29) is 17.6 Å². The highest BCUT2D eigenvalue weighted by Gasteiger charge is 2.20. The molecule has 1 amide bonds. The van der Waals surface area contributed by atoms with Crippen LogP contribution in [0.2, 0.25) is 0 Å². The Hall–Kier alpha value is -2.34. The number of amides is 1. The number of rotatable bonds is 5. The van der Waals surface area contributed by atoms with Gasteiger partial charge in [-0.2, -0.15) is 0 Å². The van der Waals surface area contributed by atoms with E-state index < -0.39 is 0 Å². The van der Waals surface area contributed by atoms with E-state index in [1.165, 1.54) is 0 Å². The van der Waals surface area contributed by atoms with E-state index in [9.17, 15) is 9.59 Å². The second-order valence-corrected chi connectivity index (χ2v) is 6.16. The molecule has 1 aromatic carbocycles. The average molecular weight is 329 g/mol. The molecule has 0 aliphatic carbocycles. The number of hydrogen-bond acceptors (Lipinski definition) is 3. The summed E-state index contributed by atoms with van der Waals surface area (Å²) < 4.78 is 8.85. The van der Waals surface area contributed by atoms with Crippen LogP contribution in [0.3, 0.4) is 0 Å². The van der Waals surface area contributed by atoms with Crippen molar-refractivity contribution in [2.24, 2.45) is 7.05 Å². The third kappa shape index (κ3) is 3.28. The number of carbonyl (C=O) groups is 1. The molecule has 1 aromatic heterocycles. The number of carbonyl (C=O) groups excluding carboxylic acids is 1. The first-order valence-corrected chi connectivity index (χ1v) is 8.33. The molecule has 2 heterocycles. The molecule has 1 atom stereocenters. The zero-order chi connectivity index (χ0) is 17.1. The zero-order valence-electron chi connectivity index (χ0n) is 14.1. The summed E-state index contributed by atoms with van der Waals surface area (Å²) in [4.78, 5) is 24.9. The third-order valence-corrected chi connectivity index (χ3v) is 4.54. The Morgan fingerprint density at radius 2 is 2.08 bits per heavy atom. The molecule has 2 aromatic rings. The van der Waals surface area contributed by atoms with Gasteiger partial charge >= 0.3 is 0 Å². The van der Waals surface area contributed by atoms with Gasteiger partial charge in [0.05, 0.1) is 17.5 Å². The van der Waals surface area contributed by atoms with Crippen molar-refractivity contribution < 1.29 is 9.53 Å². The summed E-state index contributed by atoms with van der Waals surface area (Å²) in [6, 6.07) is 9.39.